The Morgan fingerprint density at radius 2 is 1.12 bits per heavy atom. The summed E-state index contributed by atoms with van der Waals surface area (Å²) >= 11 is 0. The summed E-state index contributed by atoms with van der Waals surface area (Å²) in [7, 11) is 4.30. The number of methoxy groups -OCH3 is 3. The molecule has 0 aromatic heterocycles. The van der Waals surface area contributed by atoms with Crippen LogP contribution in [-0.4, -0.2) is 65.5 Å². The van der Waals surface area contributed by atoms with E-state index in [9.17, 15) is 4.79 Å². The third-order valence-electron chi connectivity index (χ3n) is 4.62. The normalized spacial score (nSPS) is 10.5. The van der Waals surface area contributed by atoms with Gasteiger partial charge in [-0.15, -0.1) is 0 Å². The number of hydrogen-bond donors (Lipinski definition) is 0. The SMILES string of the molecule is CCCOc1cc(OCCC)c(PC(=O)c2c(OC)cc(OC)cc2OC)c(OCCC)c1.[LiH]. The molecule has 0 aliphatic carbocycles. The van der Waals surface area contributed by atoms with E-state index in [1.54, 1.807) is 19.2 Å². The predicted molar refractivity (Wildman–Crippen MR) is 139 cm³/mol. The summed E-state index contributed by atoms with van der Waals surface area (Å²) in [4.78, 5) is 13.6. The van der Waals surface area contributed by atoms with E-state index >= 15 is 0 Å². The van der Waals surface area contributed by atoms with Crippen molar-refractivity contribution in [1.29, 1.82) is 0 Å². The molecule has 0 spiro atoms. The molecule has 1 atom stereocenters. The molecular formula is C25H36LiO7P. The molecule has 34 heavy (non-hydrogen) atoms. The number of rotatable bonds is 15. The molecule has 0 amide bonds. The van der Waals surface area contributed by atoms with Gasteiger partial charge in [-0.1, -0.05) is 20.8 Å². The summed E-state index contributed by atoms with van der Waals surface area (Å²) in [5, 5.41) is 0.700. The molecule has 184 valence electrons. The molecule has 0 bridgehead atoms. The molecule has 9 heteroatoms. The van der Waals surface area contributed by atoms with Gasteiger partial charge >= 0.3 is 18.9 Å². The first kappa shape index (κ1) is 30.0. The molecule has 0 aliphatic rings. The van der Waals surface area contributed by atoms with Gasteiger partial charge in [-0.2, -0.15) is 0 Å². The van der Waals surface area contributed by atoms with Crippen molar-refractivity contribution in [2.24, 2.45) is 0 Å². The Kier molecular flexibility index (Phi) is 13.9. The average Bonchev–Trinajstić information content (AvgIpc) is 2.84. The second-order valence-corrected chi connectivity index (χ2v) is 8.41. The van der Waals surface area contributed by atoms with Crippen LogP contribution in [0.15, 0.2) is 24.3 Å². The summed E-state index contributed by atoms with van der Waals surface area (Å²) in [6.45, 7) is 7.74. The fourth-order valence-corrected chi connectivity index (χ4v) is 4.18. The van der Waals surface area contributed by atoms with Gasteiger partial charge in [-0.3, -0.25) is 4.79 Å². The summed E-state index contributed by atoms with van der Waals surface area (Å²) in [5.74, 6) is 3.16. The second kappa shape index (κ2) is 15.8. The maximum absolute atomic E-state index is 13.6. The van der Waals surface area contributed by atoms with E-state index < -0.39 is 0 Å². The van der Waals surface area contributed by atoms with E-state index in [0.29, 0.717) is 65.2 Å². The van der Waals surface area contributed by atoms with Gasteiger partial charge in [0.2, 0.25) is 0 Å². The Labute approximate surface area is 216 Å². The zero-order valence-corrected chi connectivity index (χ0v) is 21.4. The second-order valence-electron chi connectivity index (χ2n) is 7.20. The summed E-state index contributed by atoms with van der Waals surface area (Å²) < 4.78 is 34.2. The predicted octanol–water partition coefficient (Wildman–Crippen LogP) is 4.57. The molecule has 0 saturated carbocycles. The van der Waals surface area contributed by atoms with E-state index in [0.717, 1.165) is 19.3 Å². The first-order valence-corrected chi connectivity index (χ1v) is 12.2. The fraction of sp³-hybridized carbons (Fsp3) is 0.480. The molecule has 0 saturated heterocycles. The van der Waals surface area contributed by atoms with Gasteiger partial charge in [0.15, 0.2) is 5.52 Å². The zero-order chi connectivity index (χ0) is 24.2. The number of hydrogen-bond acceptors (Lipinski definition) is 7. The van der Waals surface area contributed by atoms with Crippen molar-refractivity contribution < 1.29 is 33.2 Å². The Morgan fingerprint density at radius 3 is 1.53 bits per heavy atom. The van der Waals surface area contributed by atoms with Gasteiger partial charge in [0.05, 0.1) is 46.5 Å². The molecule has 2 aromatic rings. The quantitative estimate of drug-likeness (QED) is 0.270. The maximum atomic E-state index is 13.6. The molecule has 2 rings (SSSR count). The van der Waals surface area contributed by atoms with Gasteiger partial charge in [-0.05, 0) is 27.8 Å². The molecule has 2 aromatic carbocycles. The summed E-state index contributed by atoms with van der Waals surface area (Å²) in [5.41, 5.74) is 0.199. The van der Waals surface area contributed by atoms with Gasteiger partial charge < -0.3 is 28.4 Å². The zero-order valence-electron chi connectivity index (χ0n) is 20.4. The average molecular weight is 486 g/mol. The van der Waals surface area contributed by atoms with E-state index in [1.165, 1.54) is 14.2 Å². The first-order valence-electron chi connectivity index (χ1n) is 11.2. The van der Waals surface area contributed by atoms with Crippen LogP contribution < -0.4 is 33.7 Å². The van der Waals surface area contributed by atoms with Crippen LogP contribution in [0.3, 0.4) is 0 Å². The van der Waals surface area contributed by atoms with Crippen LogP contribution in [0.4, 0.5) is 0 Å². The first-order chi connectivity index (χ1) is 16.0. The molecule has 0 heterocycles. The molecule has 0 radical (unpaired) electrons. The van der Waals surface area contributed by atoms with Crippen LogP contribution in [0.5, 0.6) is 34.5 Å². The van der Waals surface area contributed by atoms with Crippen molar-refractivity contribution in [1.82, 2.24) is 0 Å². The van der Waals surface area contributed by atoms with Gasteiger partial charge in [0.1, 0.15) is 40.1 Å². The van der Waals surface area contributed by atoms with Crippen LogP contribution in [-0.2, 0) is 0 Å². The van der Waals surface area contributed by atoms with Crippen molar-refractivity contribution in [2.75, 3.05) is 41.2 Å². The molecule has 0 N–H and O–H groups in total. The standard InChI is InChI=1S/C25H35O7P.Li.H/c1-7-10-30-18-15-21(31-11-8-2)24(22(16-18)32-12-9-3)33-25(26)23-19(28-5)13-17(27-4)14-20(23)29-6;;/h13-16,33H,7-12H2,1-6H3;;. The van der Waals surface area contributed by atoms with Crippen LogP contribution in [0, 0.1) is 0 Å². The minimum absolute atomic E-state index is 0. The number of carbonyl (C=O) groups is 1. The summed E-state index contributed by atoms with van der Waals surface area (Å²) in [6.07, 6.45) is 2.55. The third-order valence-corrected chi connectivity index (χ3v) is 5.84. The van der Waals surface area contributed by atoms with Gasteiger partial charge in [-0.25, -0.2) is 0 Å². The van der Waals surface area contributed by atoms with Crippen molar-refractivity contribution in [2.45, 2.75) is 40.0 Å². The molecule has 0 fully saturated rings. The summed E-state index contributed by atoms with van der Waals surface area (Å²) in [6, 6.07) is 7.01. The van der Waals surface area contributed by atoms with Crippen molar-refractivity contribution in [3.63, 3.8) is 0 Å². The number of ether oxygens (including phenoxy) is 6. The Balaban J connectivity index is 0.00000578. The van der Waals surface area contributed by atoms with E-state index in [-0.39, 0.29) is 33.0 Å². The van der Waals surface area contributed by atoms with Crippen LogP contribution in [0.1, 0.15) is 50.4 Å². The molecular weight excluding hydrogens is 450 g/mol. The Bertz CT molecular complexity index is 866. The van der Waals surface area contributed by atoms with Crippen molar-refractivity contribution in [3.8, 4) is 34.5 Å². The van der Waals surface area contributed by atoms with Gasteiger partial charge in [0.25, 0.3) is 0 Å². The Morgan fingerprint density at radius 1 is 0.676 bits per heavy atom. The van der Waals surface area contributed by atoms with Crippen molar-refractivity contribution >= 4 is 38.3 Å². The Hall–Kier alpha value is -2.06. The van der Waals surface area contributed by atoms with Crippen LogP contribution >= 0.6 is 8.58 Å². The van der Waals surface area contributed by atoms with Crippen LogP contribution in [0.25, 0.3) is 0 Å². The van der Waals surface area contributed by atoms with Gasteiger partial charge in [0, 0.05) is 24.3 Å². The van der Waals surface area contributed by atoms with Crippen molar-refractivity contribution in [3.05, 3.63) is 29.8 Å². The fourth-order valence-electron chi connectivity index (χ4n) is 3.05. The van der Waals surface area contributed by atoms with E-state index in [2.05, 4.69) is 0 Å². The molecule has 0 aliphatic heterocycles. The topological polar surface area (TPSA) is 72.5 Å². The number of benzene rings is 2. The van der Waals surface area contributed by atoms with Crippen LogP contribution in [0.2, 0.25) is 0 Å². The number of carbonyl (C=O) groups excluding carboxylic acids is 1. The molecule has 1 unspecified atom stereocenters. The monoisotopic (exact) mass is 486 g/mol. The molecule has 7 nitrogen and oxygen atoms in total. The minimum atomic E-state index is -0.274. The van der Waals surface area contributed by atoms with E-state index in [1.807, 2.05) is 32.9 Å². The third kappa shape index (κ3) is 8.01. The van der Waals surface area contributed by atoms with E-state index in [4.69, 9.17) is 28.4 Å².